The van der Waals surface area contributed by atoms with Crippen LogP contribution in [0.1, 0.15) is 40.0 Å². The Balaban J connectivity index is 2.23. The van der Waals surface area contributed by atoms with Crippen LogP contribution in [0.5, 0.6) is 0 Å². The van der Waals surface area contributed by atoms with Crippen molar-refractivity contribution in [3.05, 3.63) is 0 Å². The molecule has 1 aliphatic heterocycles. The summed E-state index contributed by atoms with van der Waals surface area (Å²) in [6, 6.07) is 1.43. The van der Waals surface area contributed by atoms with Crippen LogP contribution in [0.3, 0.4) is 0 Å². The average Bonchev–Trinajstić information content (AvgIpc) is 2.42. The van der Waals surface area contributed by atoms with Gasteiger partial charge in [0, 0.05) is 33.6 Å². The van der Waals surface area contributed by atoms with E-state index in [-0.39, 0.29) is 5.54 Å². The molecule has 11 heavy (non-hydrogen) atoms. The average molecular weight is 153 g/mol. The molecule has 0 aromatic heterocycles. The maximum atomic E-state index is 4.66. The molecule has 2 nitrogen and oxygen atoms in total. The van der Waals surface area contributed by atoms with Gasteiger partial charge in [0.25, 0.3) is 0 Å². The third kappa shape index (κ3) is 1.09. The molecule has 62 valence electrons. The molecule has 1 saturated carbocycles. The van der Waals surface area contributed by atoms with E-state index >= 15 is 0 Å². The zero-order valence-electron chi connectivity index (χ0n) is 7.67. The highest BCUT2D eigenvalue weighted by molar-refractivity contribution is 4.83. The summed E-state index contributed by atoms with van der Waals surface area (Å²) in [5.74, 6) is 0. The van der Waals surface area contributed by atoms with E-state index in [4.69, 9.17) is 0 Å². The van der Waals surface area contributed by atoms with Crippen LogP contribution >= 0.6 is 0 Å². The lowest BCUT2D eigenvalue weighted by Crippen LogP contribution is -2.36. The predicted molar refractivity (Wildman–Crippen MR) is 43.9 cm³/mol. The van der Waals surface area contributed by atoms with Gasteiger partial charge in [-0.2, -0.15) is 0 Å². The fourth-order valence-electron chi connectivity index (χ4n) is 2.25. The second-order valence-electron chi connectivity index (χ2n) is 4.75. The molecule has 1 aliphatic carbocycles. The maximum Gasteiger partial charge on any atom is 0.180 e. The van der Waals surface area contributed by atoms with E-state index < -0.39 is 0 Å². The molecule has 2 atom stereocenters. The van der Waals surface area contributed by atoms with Crippen LogP contribution < -0.4 is 0 Å². The molecule has 2 rings (SSSR count). The Bertz CT molecular complexity index is 200. The summed E-state index contributed by atoms with van der Waals surface area (Å²) in [4.78, 5) is 0. The van der Waals surface area contributed by atoms with Gasteiger partial charge in [-0.3, -0.25) is 0 Å². The van der Waals surface area contributed by atoms with Gasteiger partial charge in [0.05, 0.1) is 0 Å². The first-order valence-corrected chi connectivity index (χ1v) is 4.57. The molecular weight excluding hydrogens is 136 g/mol. The van der Waals surface area contributed by atoms with E-state index in [9.17, 15) is 0 Å². The van der Waals surface area contributed by atoms with Crippen molar-refractivity contribution in [3.63, 3.8) is 0 Å². The third-order valence-electron chi connectivity index (χ3n) is 2.70. The topological polar surface area (TPSA) is 15.4 Å². The number of nitrogens with zero attached hydrogens (tertiary/aromatic N) is 2. The highest BCUT2D eigenvalue weighted by atomic mass is 15.4. The first kappa shape index (κ1) is 7.26. The minimum Gasteiger partial charge on any atom is -0.120 e. The molecular formula is C9H17N2+. The van der Waals surface area contributed by atoms with Crippen LogP contribution in [-0.2, 0) is 0 Å². The molecule has 0 N–H and O–H groups in total. The SMILES string of the molecule is CC(C)(C)[N+]1=N[C@H]2CC[C@@H]1C2. The first-order valence-electron chi connectivity index (χ1n) is 4.57. The van der Waals surface area contributed by atoms with Crippen molar-refractivity contribution in [1.82, 2.24) is 0 Å². The fourth-order valence-corrected chi connectivity index (χ4v) is 2.25. The summed E-state index contributed by atoms with van der Waals surface area (Å²) in [5.41, 5.74) is 0.250. The van der Waals surface area contributed by atoms with Crippen molar-refractivity contribution < 1.29 is 4.70 Å². The summed E-state index contributed by atoms with van der Waals surface area (Å²) in [7, 11) is 0. The number of fused-ring (bicyclic) bond motifs is 2. The normalized spacial score (nSPS) is 36.1. The quantitative estimate of drug-likeness (QED) is 0.474. The Morgan fingerprint density at radius 2 is 2.00 bits per heavy atom. The van der Waals surface area contributed by atoms with Crippen LogP contribution in [0.25, 0.3) is 0 Å². The van der Waals surface area contributed by atoms with Crippen LogP contribution in [0.4, 0.5) is 0 Å². The van der Waals surface area contributed by atoms with Gasteiger partial charge >= 0.3 is 0 Å². The number of hydrogen-bond acceptors (Lipinski definition) is 1. The molecule has 0 spiro atoms. The molecule has 2 heteroatoms. The predicted octanol–water partition coefficient (Wildman–Crippen LogP) is 2.18. The van der Waals surface area contributed by atoms with E-state index in [1.165, 1.54) is 19.3 Å². The van der Waals surface area contributed by atoms with Crippen molar-refractivity contribution >= 4 is 0 Å². The molecule has 0 aromatic carbocycles. The zero-order valence-corrected chi connectivity index (χ0v) is 7.67. The van der Waals surface area contributed by atoms with Crippen LogP contribution in [0.2, 0.25) is 0 Å². The van der Waals surface area contributed by atoms with E-state index in [1.807, 2.05) is 0 Å². The molecule has 0 radical (unpaired) electrons. The van der Waals surface area contributed by atoms with Gasteiger partial charge in [-0.15, -0.1) is 4.70 Å². The van der Waals surface area contributed by atoms with Gasteiger partial charge in [0.2, 0.25) is 0 Å². The molecule has 0 saturated heterocycles. The number of rotatable bonds is 0. The van der Waals surface area contributed by atoms with Crippen LogP contribution in [-0.4, -0.2) is 22.3 Å². The Labute approximate surface area is 68.3 Å². The molecule has 1 fully saturated rings. The number of hydrogen-bond donors (Lipinski definition) is 0. The summed E-state index contributed by atoms with van der Waals surface area (Å²) in [5, 5.41) is 4.66. The van der Waals surface area contributed by atoms with Gasteiger partial charge in [0.15, 0.2) is 11.6 Å². The van der Waals surface area contributed by atoms with Gasteiger partial charge < -0.3 is 0 Å². The first-order chi connectivity index (χ1) is 5.07. The van der Waals surface area contributed by atoms with E-state index in [1.54, 1.807) is 0 Å². The lowest BCUT2D eigenvalue weighted by molar-refractivity contribution is -0.678. The summed E-state index contributed by atoms with van der Waals surface area (Å²) < 4.78 is 2.32. The highest BCUT2D eigenvalue weighted by Gasteiger charge is 2.46. The van der Waals surface area contributed by atoms with Crippen LogP contribution in [0, 0.1) is 0 Å². The van der Waals surface area contributed by atoms with Crippen molar-refractivity contribution in [3.8, 4) is 0 Å². The Morgan fingerprint density at radius 3 is 2.27 bits per heavy atom. The minimum absolute atomic E-state index is 0.250. The Hall–Kier alpha value is -0.400. The summed E-state index contributed by atoms with van der Waals surface area (Å²) in [6.07, 6.45) is 4.01. The molecule has 0 aromatic rings. The lowest BCUT2D eigenvalue weighted by atomic mass is 10.1. The van der Waals surface area contributed by atoms with Crippen molar-refractivity contribution in [2.45, 2.75) is 57.7 Å². The van der Waals surface area contributed by atoms with Gasteiger partial charge in [0.1, 0.15) is 6.04 Å². The number of azo groups is 2. The second kappa shape index (κ2) is 2.05. The standard InChI is InChI=1S/C9H17N2/c1-9(2,3)11-8-5-4-7(6-8)10-11/h7-8H,4-6H2,1-3H3/q+1/t7-,8+/m0/s1. The second-order valence-corrected chi connectivity index (χ2v) is 4.75. The summed E-state index contributed by atoms with van der Waals surface area (Å²) in [6.45, 7) is 6.74. The minimum atomic E-state index is 0.250. The lowest BCUT2D eigenvalue weighted by Gasteiger charge is -2.18. The third-order valence-corrected chi connectivity index (χ3v) is 2.70. The molecule has 1 heterocycles. The van der Waals surface area contributed by atoms with E-state index in [2.05, 4.69) is 30.6 Å². The van der Waals surface area contributed by atoms with Crippen molar-refractivity contribution in [2.75, 3.05) is 0 Å². The molecule has 0 unspecified atom stereocenters. The fraction of sp³-hybridized carbons (Fsp3) is 1.00. The summed E-state index contributed by atoms with van der Waals surface area (Å²) >= 11 is 0. The molecule has 2 bridgehead atoms. The highest BCUT2D eigenvalue weighted by Crippen LogP contribution is 2.34. The van der Waals surface area contributed by atoms with Crippen molar-refractivity contribution in [1.29, 1.82) is 0 Å². The molecule has 2 aliphatic rings. The largest absolute Gasteiger partial charge is 0.180 e. The van der Waals surface area contributed by atoms with Gasteiger partial charge in [-0.25, -0.2) is 0 Å². The van der Waals surface area contributed by atoms with E-state index in [0.29, 0.717) is 6.04 Å². The Kier molecular flexibility index (Phi) is 1.35. The van der Waals surface area contributed by atoms with Crippen molar-refractivity contribution in [2.24, 2.45) is 5.11 Å². The van der Waals surface area contributed by atoms with Gasteiger partial charge in [-0.05, 0) is 11.5 Å². The van der Waals surface area contributed by atoms with Gasteiger partial charge in [-0.1, -0.05) is 0 Å². The zero-order chi connectivity index (χ0) is 8.06. The van der Waals surface area contributed by atoms with Crippen LogP contribution in [0.15, 0.2) is 5.11 Å². The van der Waals surface area contributed by atoms with E-state index in [0.717, 1.165) is 6.04 Å². The monoisotopic (exact) mass is 153 g/mol. The maximum absolute atomic E-state index is 4.66. The Morgan fingerprint density at radius 1 is 1.27 bits per heavy atom. The molecule has 0 amide bonds. The smallest absolute Gasteiger partial charge is 0.120 e.